The Balaban J connectivity index is 2.17. The molecule has 2 heteroatoms. The number of aldehydes is 1. The highest BCUT2D eigenvalue weighted by atomic mass is 32.2. The van der Waals surface area contributed by atoms with E-state index in [0.717, 1.165) is 24.9 Å². The van der Waals surface area contributed by atoms with Gasteiger partial charge < -0.3 is 0 Å². The lowest BCUT2D eigenvalue weighted by molar-refractivity contribution is -0.104. The average Bonchev–Trinajstić information content (AvgIpc) is 2.26. The average molecular weight is 220 g/mol. The first-order valence-electron chi connectivity index (χ1n) is 5.12. The normalized spacial score (nSPS) is 10.7. The Morgan fingerprint density at radius 3 is 2.67 bits per heavy atom. The molecule has 0 N–H and O–H groups in total. The second-order valence-corrected chi connectivity index (χ2v) is 4.54. The molecule has 80 valence electrons. The van der Waals surface area contributed by atoms with Gasteiger partial charge in [-0.15, -0.1) is 11.8 Å². The molecule has 0 saturated carbocycles. The van der Waals surface area contributed by atoms with Crippen LogP contribution in [0.5, 0.6) is 0 Å². The molecule has 0 aliphatic carbocycles. The summed E-state index contributed by atoms with van der Waals surface area (Å²) in [5, 5.41) is 0. The van der Waals surface area contributed by atoms with Crippen molar-refractivity contribution in [1.82, 2.24) is 0 Å². The molecule has 0 unspecified atom stereocenters. The van der Waals surface area contributed by atoms with Crippen LogP contribution in [0.25, 0.3) is 0 Å². The molecular weight excluding hydrogens is 204 g/mol. The summed E-state index contributed by atoms with van der Waals surface area (Å²) in [6.07, 6.45) is 6.41. The van der Waals surface area contributed by atoms with E-state index < -0.39 is 0 Å². The molecule has 0 radical (unpaired) electrons. The maximum atomic E-state index is 10.00. The van der Waals surface area contributed by atoms with Crippen LogP contribution in [0.3, 0.4) is 0 Å². The van der Waals surface area contributed by atoms with E-state index in [0.29, 0.717) is 0 Å². The lowest BCUT2D eigenvalue weighted by Gasteiger charge is -2.00. The molecule has 0 amide bonds. The lowest BCUT2D eigenvalue weighted by atomic mass is 10.2. The second kappa shape index (κ2) is 7.30. The van der Waals surface area contributed by atoms with Crippen LogP contribution in [0.15, 0.2) is 41.3 Å². The minimum absolute atomic E-state index is 0.827. The fourth-order valence-corrected chi connectivity index (χ4v) is 2.05. The van der Waals surface area contributed by atoms with Gasteiger partial charge in [0.1, 0.15) is 6.29 Å². The zero-order valence-corrected chi connectivity index (χ0v) is 9.80. The maximum Gasteiger partial charge on any atom is 0.142 e. The van der Waals surface area contributed by atoms with Crippen LogP contribution in [0.1, 0.15) is 18.4 Å². The number of hydrogen-bond acceptors (Lipinski definition) is 2. The maximum absolute atomic E-state index is 10.00. The van der Waals surface area contributed by atoms with E-state index in [1.807, 2.05) is 17.8 Å². The van der Waals surface area contributed by atoms with Gasteiger partial charge in [0, 0.05) is 4.90 Å². The van der Waals surface area contributed by atoms with Crippen molar-refractivity contribution in [3.8, 4) is 0 Å². The van der Waals surface area contributed by atoms with Crippen molar-refractivity contribution >= 4 is 18.0 Å². The summed E-state index contributed by atoms with van der Waals surface area (Å²) >= 11 is 1.86. The van der Waals surface area contributed by atoms with Gasteiger partial charge in [-0.05, 0) is 43.7 Å². The molecule has 1 aromatic carbocycles. The topological polar surface area (TPSA) is 17.1 Å². The van der Waals surface area contributed by atoms with Crippen molar-refractivity contribution in [2.75, 3.05) is 5.75 Å². The number of thioether (sulfide) groups is 1. The van der Waals surface area contributed by atoms with Crippen LogP contribution in [-0.2, 0) is 4.79 Å². The first-order chi connectivity index (χ1) is 7.33. The zero-order chi connectivity index (χ0) is 10.9. The van der Waals surface area contributed by atoms with Crippen molar-refractivity contribution in [3.63, 3.8) is 0 Å². The Morgan fingerprint density at radius 2 is 2.00 bits per heavy atom. The van der Waals surface area contributed by atoms with Crippen LogP contribution in [0.2, 0.25) is 0 Å². The zero-order valence-electron chi connectivity index (χ0n) is 8.98. The lowest BCUT2D eigenvalue weighted by Crippen LogP contribution is -1.79. The molecule has 0 aliphatic heterocycles. The highest BCUT2D eigenvalue weighted by Gasteiger charge is 1.92. The monoisotopic (exact) mass is 220 g/mol. The largest absolute Gasteiger partial charge is 0.299 e. The van der Waals surface area contributed by atoms with Crippen molar-refractivity contribution in [3.05, 3.63) is 42.0 Å². The molecule has 1 aromatic rings. The molecule has 0 bridgehead atoms. The third kappa shape index (κ3) is 5.43. The van der Waals surface area contributed by atoms with Crippen LogP contribution in [0, 0.1) is 6.92 Å². The van der Waals surface area contributed by atoms with Gasteiger partial charge in [-0.25, -0.2) is 0 Å². The highest BCUT2D eigenvalue weighted by Crippen LogP contribution is 2.19. The Kier molecular flexibility index (Phi) is 5.86. The molecule has 0 atom stereocenters. The molecule has 1 rings (SSSR count). The first-order valence-corrected chi connectivity index (χ1v) is 6.11. The smallest absolute Gasteiger partial charge is 0.142 e. The third-order valence-corrected chi connectivity index (χ3v) is 3.12. The highest BCUT2D eigenvalue weighted by molar-refractivity contribution is 7.99. The summed E-state index contributed by atoms with van der Waals surface area (Å²) in [6, 6.07) is 8.58. The van der Waals surface area contributed by atoms with E-state index in [2.05, 4.69) is 31.2 Å². The molecular formula is C13H16OS. The summed E-state index contributed by atoms with van der Waals surface area (Å²) in [6.45, 7) is 2.10. The molecule has 0 heterocycles. The van der Waals surface area contributed by atoms with E-state index in [4.69, 9.17) is 0 Å². The number of unbranched alkanes of at least 4 members (excludes halogenated alkanes) is 1. The van der Waals surface area contributed by atoms with Crippen LogP contribution >= 0.6 is 11.8 Å². The van der Waals surface area contributed by atoms with Gasteiger partial charge in [0.15, 0.2) is 0 Å². The van der Waals surface area contributed by atoms with Crippen molar-refractivity contribution in [2.45, 2.75) is 24.7 Å². The van der Waals surface area contributed by atoms with Gasteiger partial charge >= 0.3 is 0 Å². The summed E-state index contributed by atoms with van der Waals surface area (Å²) in [5.41, 5.74) is 1.30. The van der Waals surface area contributed by atoms with E-state index in [-0.39, 0.29) is 0 Å². The molecule has 15 heavy (non-hydrogen) atoms. The van der Waals surface area contributed by atoms with E-state index >= 15 is 0 Å². The van der Waals surface area contributed by atoms with Crippen molar-refractivity contribution < 1.29 is 4.79 Å². The third-order valence-electron chi connectivity index (χ3n) is 2.02. The number of allylic oxidation sites excluding steroid dienone is 2. The van der Waals surface area contributed by atoms with Crippen LogP contribution in [0.4, 0.5) is 0 Å². The number of carbonyl (C=O) groups excluding carboxylic acids is 1. The predicted octanol–water partition coefficient (Wildman–Crippen LogP) is 3.62. The SMILES string of the molecule is Cc1ccc(SCCC/C=C/C=O)cc1. The summed E-state index contributed by atoms with van der Waals surface area (Å²) in [4.78, 5) is 11.3. The van der Waals surface area contributed by atoms with Crippen LogP contribution in [-0.4, -0.2) is 12.0 Å². The van der Waals surface area contributed by atoms with E-state index in [1.165, 1.54) is 10.5 Å². The Morgan fingerprint density at radius 1 is 1.27 bits per heavy atom. The van der Waals surface area contributed by atoms with E-state index in [1.54, 1.807) is 6.08 Å². The number of hydrogen-bond donors (Lipinski definition) is 0. The van der Waals surface area contributed by atoms with Gasteiger partial charge in [0.2, 0.25) is 0 Å². The fourth-order valence-electron chi connectivity index (χ4n) is 1.18. The van der Waals surface area contributed by atoms with Crippen molar-refractivity contribution in [2.24, 2.45) is 0 Å². The minimum Gasteiger partial charge on any atom is -0.299 e. The number of rotatable bonds is 6. The first kappa shape index (κ1) is 12.1. The molecule has 0 spiro atoms. The number of benzene rings is 1. The van der Waals surface area contributed by atoms with E-state index in [9.17, 15) is 4.79 Å². The number of aryl methyl sites for hydroxylation is 1. The van der Waals surface area contributed by atoms with Gasteiger partial charge in [0.05, 0.1) is 0 Å². The van der Waals surface area contributed by atoms with Gasteiger partial charge in [-0.1, -0.05) is 23.8 Å². The number of carbonyl (C=O) groups is 1. The van der Waals surface area contributed by atoms with Gasteiger partial charge in [-0.3, -0.25) is 4.79 Å². The summed E-state index contributed by atoms with van der Waals surface area (Å²) < 4.78 is 0. The Labute approximate surface area is 95.6 Å². The molecule has 0 aromatic heterocycles. The van der Waals surface area contributed by atoms with Crippen LogP contribution < -0.4 is 0 Å². The standard InChI is InChI=1S/C13H16OS/c1-12-6-8-13(9-7-12)15-11-5-3-2-4-10-14/h2,4,6-10H,3,5,11H2,1H3/b4-2+. The second-order valence-electron chi connectivity index (χ2n) is 3.37. The van der Waals surface area contributed by atoms with Crippen molar-refractivity contribution in [1.29, 1.82) is 0 Å². The molecule has 1 nitrogen and oxygen atoms in total. The fraction of sp³-hybridized carbons (Fsp3) is 0.308. The Hall–Kier alpha value is -1.02. The molecule has 0 saturated heterocycles. The van der Waals surface area contributed by atoms with Gasteiger partial charge in [0.25, 0.3) is 0 Å². The quantitative estimate of drug-likeness (QED) is 0.315. The summed E-state index contributed by atoms with van der Waals surface area (Å²) in [7, 11) is 0. The minimum atomic E-state index is 0.827. The molecule has 0 fully saturated rings. The summed E-state index contributed by atoms with van der Waals surface area (Å²) in [5.74, 6) is 1.10. The predicted molar refractivity (Wildman–Crippen MR) is 66.3 cm³/mol. The van der Waals surface area contributed by atoms with Gasteiger partial charge in [-0.2, -0.15) is 0 Å². The molecule has 0 aliphatic rings. The Bertz CT molecular complexity index is 314.